The fraction of sp³-hybridized carbons (Fsp3) is 0.0667. The molecule has 3 heteroatoms. The maximum absolute atomic E-state index is 12.2. The van der Waals surface area contributed by atoms with Crippen LogP contribution in [0.3, 0.4) is 0 Å². The Balaban J connectivity index is 2.41. The van der Waals surface area contributed by atoms with Gasteiger partial charge >= 0.3 is 0 Å². The lowest BCUT2D eigenvalue weighted by molar-refractivity contribution is 0.103. The molecule has 3 nitrogen and oxygen atoms in total. The van der Waals surface area contributed by atoms with E-state index in [1.807, 2.05) is 24.3 Å². The minimum absolute atomic E-state index is 0.0848. The van der Waals surface area contributed by atoms with Gasteiger partial charge in [-0.25, -0.2) is 0 Å². The normalized spacial score (nSPS) is 9.56. The van der Waals surface area contributed by atoms with Crippen LogP contribution in [0.15, 0.2) is 48.5 Å². The Hall–Kier alpha value is -2.60. The molecule has 0 heterocycles. The van der Waals surface area contributed by atoms with E-state index in [0.717, 1.165) is 0 Å². The zero-order valence-corrected chi connectivity index (χ0v) is 9.88. The Kier molecular flexibility index (Phi) is 3.40. The number of carbonyl (C=O) groups excluding carboxylic acids is 1. The highest BCUT2D eigenvalue weighted by Gasteiger charge is 2.11. The van der Waals surface area contributed by atoms with Gasteiger partial charge in [0, 0.05) is 11.1 Å². The Bertz CT molecular complexity index is 612. The predicted molar refractivity (Wildman–Crippen MR) is 67.6 cm³/mol. The van der Waals surface area contributed by atoms with Crippen LogP contribution in [0.25, 0.3) is 0 Å². The van der Waals surface area contributed by atoms with E-state index in [-0.39, 0.29) is 5.78 Å². The number of hydrogen-bond acceptors (Lipinski definition) is 3. The van der Waals surface area contributed by atoms with Gasteiger partial charge in [0.2, 0.25) is 0 Å². The van der Waals surface area contributed by atoms with Gasteiger partial charge in [-0.2, -0.15) is 5.26 Å². The Morgan fingerprint density at radius 1 is 1.11 bits per heavy atom. The second-order valence-corrected chi connectivity index (χ2v) is 3.72. The fourth-order valence-corrected chi connectivity index (χ4v) is 1.68. The molecule has 0 unspecified atom stereocenters. The number of nitrogens with zero attached hydrogens (tertiary/aromatic N) is 1. The van der Waals surface area contributed by atoms with Crippen LogP contribution in [0.1, 0.15) is 21.5 Å². The molecular weight excluding hydrogens is 225 g/mol. The highest BCUT2D eigenvalue weighted by molar-refractivity contribution is 6.09. The van der Waals surface area contributed by atoms with Gasteiger partial charge in [0.1, 0.15) is 11.8 Å². The third-order valence-electron chi connectivity index (χ3n) is 2.62. The van der Waals surface area contributed by atoms with E-state index in [4.69, 9.17) is 10.00 Å². The van der Waals surface area contributed by atoms with E-state index < -0.39 is 0 Å². The number of hydrogen-bond donors (Lipinski definition) is 0. The first kappa shape index (κ1) is 11.9. The molecule has 2 aromatic rings. The lowest BCUT2D eigenvalue weighted by atomic mass is 9.95. The van der Waals surface area contributed by atoms with Crippen molar-refractivity contribution in [3.05, 3.63) is 65.2 Å². The van der Waals surface area contributed by atoms with Gasteiger partial charge in [0.15, 0.2) is 5.78 Å². The number of ketones is 1. The van der Waals surface area contributed by atoms with Gasteiger partial charge in [-0.05, 0) is 18.2 Å². The summed E-state index contributed by atoms with van der Waals surface area (Å²) in [6, 6.07) is 15.8. The fourth-order valence-electron chi connectivity index (χ4n) is 1.68. The van der Waals surface area contributed by atoms with Crippen molar-refractivity contribution in [2.45, 2.75) is 0 Å². The molecule has 0 aromatic heterocycles. The number of nitriles is 1. The summed E-state index contributed by atoms with van der Waals surface area (Å²) < 4.78 is 5.09. The maximum Gasteiger partial charge on any atom is 0.193 e. The second-order valence-electron chi connectivity index (χ2n) is 3.72. The van der Waals surface area contributed by atoms with Crippen molar-refractivity contribution >= 4 is 5.78 Å². The topological polar surface area (TPSA) is 50.1 Å². The van der Waals surface area contributed by atoms with Crippen LogP contribution in [0, 0.1) is 11.3 Å². The number of benzene rings is 2. The Morgan fingerprint density at radius 3 is 2.44 bits per heavy atom. The van der Waals surface area contributed by atoms with Gasteiger partial charge in [0.05, 0.1) is 12.7 Å². The predicted octanol–water partition coefficient (Wildman–Crippen LogP) is 2.80. The molecule has 18 heavy (non-hydrogen) atoms. The molecule has 0 spiro atoms. The summed E-state index contributed by atoms with van der Waals surface area (Å²) in [5.41, 5.74) is 1.54. The highest BCUT2D eigenvalue weighted by atomic mass is 16.5. The summed E-state index contributed by atoms with van der Waals surface area (Å²) in [6.07, 6.45) is 0. The molecule has 88 valence electrons. The van der Waals surface area contributed by atoms with E-state index in [1.54, 1.807) is 30.3 Å². The summed E-state index contributed by atoms with van der Waals surface area (Å²) in [5.74, 6) is 0.331. The molecule has 0 saturated heterocycles. The first-order chi connectivity index (χ1) is 8.76. The first-order valence-corrected chi connectivity index (χ1v) is 5.44. The first-order valence-electron chi connectivity index (χ1n) is 5.44. The van der Waals surface area contributed by atoms with Crippen LogP contribution in [-0.2, 0) is 0 Å². The molecule has 0 aliphatic heterocycles. The summed E-state index contributed by atoms with van der Waals surface area (Å²) >= 11 is 0. The monoisotopic (exact) mass is 236 g/mol. The smallest absolute Gasteiger partial charge is 0.193 e. The Labute approximate surface area is 105 Å². The van der Waals surface area contributed by atoms with Crippen LogP contribution in [0.5, 0.6) is 5.75 Å². The van der Waals surface area contributed by atoms with Gasteiger partial charge in [-0.3, -0.25) is 4.79 Å². The van der Waals surface area contributed by atoms with E-state index in [1.165, 1.54) is 7.11 Å². The largest absolute Gasteiger partial charge is 0.495 e. The Morgan fingerprint density at radius 2 is 1.83 bits per heavy atom. The summed E-state index contributed by atoms with van der Waals surface area (Å²) in [7, 11) is 1.48. The zero-order chi connectivity index (χ0) is 13.0. The molecule has 0 aliphatic carbocycles. The van der Waals surface area contributed by atoms with Gasteiger partial charge < -0.3 is 4.74 Å². The van der Waals surface area contributed by atoms with E-state index in [2.05, 4.69) is 0 Å². The third kappa shape index (κ3) is 2.23. The average molecular weight is 236 g/mol. The summed E-state index contributed by atoms with van der Waals surface area (Å²) in [6.45, 7) is 0. The van der Waals surface area contributed by atoms with Crippen molar-refractivity contribution < 1.29 is 9.53 Å². The molecule has 0 radical (unpaired) electrons. The van der Waals surface area contributed by atoms with Crippen molar-refractivity contribution in [1.29, 1.82) is 5.26 Å². The van der Waals surface area contributed by atoms with E-state index in [0.29, 0.717) is 22.4 Å². The van der Waals surface area contributed by atoms with Crippen molar-refractivity contribution in [3.63, 3.8) is 0 Å². The third-order valence-corrected chi connectivity index (χ3v) is 2.62. The lowest BCUT2D eigenvalue weighted by Crippen LogP contribution is -2.02. The number of methoxy groups -OCH3 is 1. The molecule has 0 N–H and O–H groups in total. The van der Waals surface area contributed by atoms with Crippen LogP contribution in [0.4, 0.5) is 0 Å². The summed E-state index contributed by atoms with van der Waals surface area (Å²) in [4.78, 5) is 12.2. The highest BCUT2D eigenvalue weighted by Crippen LogP contribution is 2.21. The average Bonchev–Trinajstić information content (AvgIpc) is 2.46. The van der Waals surface area contributed by atoms with Crippen molar-refractivity contribution in [2.75, 3.05) is 7.11 Å². The maximum atomic E-state index is 12.2. The van der Waals surface area contributed by atoms with Crippen LogP contribution < -0.4 is 4.74 Å². The SMILES string of the molecule is COc1cc(C(=O)c2ccccc2)ccc1[11C]#N. The molecule has 0 bridgehead atoms. The molecule has 0 amide bonds. The second kappa shape index (κ2) is 5.15. The molecule has 0 fully saturated rings. The molecular formula is C15H11NO2. The van der Waals surface area contributed by atoms with Crippen LogP contribution >= 0.6 is 0 Å². The van der Waals surface area contributed by atoms with Crippen molar-refractivity contribution in [3.8, 4) is 11.8 Å². The van der Waals surface area contributed by atoms with Gasteiger partial charge in [0.25, 0.3) is 0 Å². The number of rotatable bonds is 3. The number of carbonyl (C=O) groups is 1. The van der Waals surface area contributed by atoms with Crippen molar-refractivity contribution in [1.82, 2.24) is 0 Å². The molecule has 0 aliphatic rings. The molecule has 0 saturated carbocycles. The molecule has 0 atom stereocenters. The molecule has 2 rings (SSSR count). The molecule has 2 aromatic carbocycles. The number of ether oxygens (including phenoxy) is 1. The zero-order valence-electron chi connectivity index (χ0n) is 9.88. The van der Waals surface area contributed by atoms with Gasteiger partial charge in [-0.1, -0.05) is 30.3 Å². The van der Waals surface area contributed by atoms with Crippen LogP contribution in [0.2, 0.25) is 0 Å². The minimum atomic E-state index is -0.0848. The van der Waals surface area contributed by atoms with E-state index in [9.17, 15) is 4.79 Å². The lowest BCUT2D eigenvalue weighted by Gasteiger charge is -2.05. The van der Waals surface area contributed by atoms with Crippen molar-refractivity contribution in [2.24, 2.45) is 0 Å². The van der Waals surface area contributed by atoms with Gasteiger partial charge in [-0.15, -0.1) is 0 Å². The quantitative estimate of drug-likeness (QED) is 0.770. The standard InChI is InChI=1S/C15H11NO2/c1-18-14-9-12(7-8-13(14)10-16)15(17)11-5-3-2-4-6-11/h2-9H,1H3/i10-1. The van der Waals surface area contributed by atoms with E-state index >= 15 is 0 Å². The van der Waals surface area contributed by atoms with Crippen LogP contribution in [-0.4, -0.2) is 12.9 Å². The summed E-state index contributed by atoms with van der Waals surface area (Å²) in [5, 5.41) is 8.88. The minimum Gasteiger partial charge on any atom is -0.495 e.